The largest absolute Gasteiger partial charge is 0.457 e. The first-order chi connectivity index (χ1) is 12.6. The average molecular weight is 379 g/mol. The Labute approximate surface area is 164 Å². The molecule has 2 N–H and O–H groups in total. The van der Waals surface area contributed by atoms with E-state index in [9.17, 15) is 15.0 Å². The van der Waals surface area contributed by atoms with Crippen LogP contribution in [0, 0.1) is 34.0 Å². The maximum absolute atomic E-state index is 13.1. The van der Waals surface area contributed by atoms with Crippen molar-refractivity contribution in [2.45, 2.75) is 78.7 Å². The molecule has 4 heteroatoms. The number of rotatable bonds is 4. The summed E-state index contributed by atoms with van der Waals surface area (Å²) in [5, 5.41) is 18.7. The monoisotopic (exact) mass is 378 g/mol. The fourth-order valence-electron chi connectivity index (χ4n) is 7.43. The summed E-state index contributed by atoms with van der Waals surface area (Å²) in [7, 11) is 0. The van der Waals surface area contributed by atoms with Crippen LogP contribution in [0.1, 0.15) is 72.6 Å². The van der Waals surface area contributed by atoms with Gasteiger partial charge in [-0.1, -0.05) is 46.3 Å². The first-order valence-electron chi connectivity index (χ1n) is 10.7. The first-order valence-corrected chi connectivity index (χ1v) is 10.7. The second kappa shape index (κ2) is 7.18. The maximum Gasteiger partial charge on any atom is 0.314 e. The van der Waals surface area contributed by atoms with E-state index in [-0.39, 0.29) is 35.9 Å². The highest BCUT2D eigenvalue weighted by Crippen LogP contribution is 2.69. The van der Waals surface area contributed by atoms with Crippen molar-refractivity contribution < 1.29 is 19.7 Å². The molecule has 0 heterocycles. The molecule has 0 spiro atoms. The molecule has 5 atom stereocenters. The zero-order chi connectivity index (χ0) is 20.0. The summed E-state index contributed by atoms with van der Waals surface area (Å²) in [4.78, 5) is 13.1. The van der Waals surface area contributed by atoms with Gasteiger partial charge in [-0.2, -0.15) is 0 Å². The lowest BCUT2D eigenvalue weighted by atomic mass is 9.39. The topological polar surface area (TPSA) is 66.8 Å². The van der Waals surface area contributed by atoms with Crippen LogP contribution in [0.25, 0.3) is 0 Å². The Morgan fingerprint density at radius 3 is 2.37 bits per heavy atom. The van der Waals surface area contributed by atoms with Crippen molar-refractivity contribution in [3.63, 3.8) is 0 Å². The van der Waals surface area contributed by atoms with Crippen molar-refractivity contribution in [2.24, 2.45) is 34.0 Å². The van der Waals surface area contributed by atoms with E-state index in [0.29, 0.717) is 17.3 Å². The van der Waals surface area contributed by atoms with Crippen molar-refractivity contribution in [3.05, 3.63) is 12.2 Å². The highest BCUT2D eigenvalue weighted by molar-refractivity contribution is 5.77. The van der Waals surface area contributed by atoms with Crippen molar-refractivity contribution in [3.8, 4) is 0 Å². The molecular formula is C23H38O4. The zero-order valence-electron chi connectivity index (χ0n) is 17.6. The third-order valence-corrected chi connectivity index (χ3v) is 8.59. The molecule has 0 aromatic carbocycles. The molecule has 154 valence electrons. The van der Waals surface area contributed by atoms with E-state index in [1.54, 1.807) is 0 Å². The molecule has 27 heavy (non-hydrogen) atoms. The minimum absolute atomic E-state index is 0.152. The SMILES string of the molecule is C=C1CC[C@H]2[C@]3(C)CCCC(C)(C)[C@H]3CC[C@]2(C)[C@H]1C(=O)OC(CO)CO. The minimum Gasteiger partial charge on any atom is -0.457 e. The van der Waals surface area contributed by atoms with Crippen LogP contribution in [-0.4, -0.2) is 35.5 Å². The van der Waals surface area contributed by atoms with Crippen LogP contribution < -0.4 is 0 Å². The van der Waals surface area contributed by atoms with Gasteiger partial charge in [0.1, 0.15) is 6.10 Å². The average Bonchev–Trinajstić information content (AvgIpc) is 2.57. The molecule has 4 nitrogen and oxygen atoms in total. The fraction of sp³-hybridized carbons (Fsp3) is 0.870. The number of hydrogen-bond acceptors (Lipinski definition) is 4. The van der Waals surface area contributed by atoms with Crippen molar-refractivity contribution in [2.75, 3.05) is 13.2 Å². The summed E-state index contributed by atoms with van der Waals surface area (Å²) in [6, 6.07) is 0. The smallest absolute Gasteiger partial charge is 0.314 e. The van der Waals surface area contributed by atoms with Crippen LogP contribution >= 0.6 is 0 Å². The Morgan fingerprint density at radius 1 is 1.07 bits per heavy atom. The number of fused-ring (bicyclic) bond motifs is 3. The van der Waals surface area contributed by atoms with Crippen molar-refractivity contribution in [1.82, 2.24) is 0 Å². The summed E-state index contributed by atoms with van der Waals surface area (Å²) >= 11 is 0. The van der Waals surface area contributed by atoms with Gasteiger partial charge < -0.3 is 14.9 Å². The van der Waals surface area contributed by atoms with E-state index in [2.05, 4.69) is 34.3 Å². The predicted octanol–water partition coefficient (Wildman–Crippen LogP) is 4.10. The second-order valence-corrected chi connectivity index (χ2v) is 10.6. The van der Waals surface area contributed by atoms with Gasteiger partial charge in [-0.25, -0.2) is 0 Å². The number of esters is 1. The molecule has 0 unspecified atom stereocenters. The van der Waals surface area contributed by atoms with Gasteiger partial charge in [0.15, 0.2) is 0 Å². The summed E-state index contributed by atoms with van der Waals surface area (Å²) in [5.41, 5.74) is 1.42. The van der Waals surface area contributed by atoms with E-state index in [1.165, 1.54) is 19.3 Å². The Hall–Kier alpha value is -0.870. The molecule has 3 aliphatic rings. The quantitative estimate of drug-likeness (QED) is 0.571. The Kier molecular flexibility index (Phi) is 5.55. The van der Waals surface area contributed by atoms with Crippen molar-refractivity contribution >= 4 is 5.97 Å². The van der Waals surface area contributed by atoms with E-state index in [4.69, 9.17) is 4.74 Å². The van der Waals surface area contributed by atoms with Gasteiger partial charge in [0, 0.05) is 0 Å². The summed E-state index contributed by atoms with van der Waals surface area (Å²) in [5.74, 6) is 0.535. The summed E-state index contributed by atoms with van der Waals surface area (Å²) in [6.45, 7) is 13.1. The van der Waals surface area contributed by atoms with Gasteiger partial charge in [0.05, 0.1) is 19.1 Å². The Morgan fingerprint density at radius 2 is 1.74 bits per heavy atom. The fourth-order valence-corrected chi connectivity index (χ4v) is 7.43. The normalized spacial score (nSPS) is 41.0. The number of aliphatic hydroxyl groups is 2. The first kappa shape index (κ1) is 20.9. The highest BCUT2D eigenvalue weighted by Gasteiger charge is 2.62. The number of carbonyl (C=O) groups excluding carboxylic acids is 1. The van der Waals surface area contributed by atoms with Crippen LogP contribution in [-0.2, 0) is 9.53 Å². The third-order valence-electron chi connectivity index (χ3n) is 8.59. The molecule has 3 fully saturated rings. The maximum atomic E-state index is 13.1. The Balaban J connectivity index is 1.93. The lowest BCUT2D eigenvalue weighted by Gasteiger charge is -2.65. The molecule has 3 aliphatic carbocycles. The molecule has 0 bridgehead atoms. The van der Waals surface area contributed by atoms with E-state index < -0.39 is 6.10 Å². The van der Waals surface area contributed by atoms with Gasteiger partial charge in [-0.05, 0) is 66.6 Å². The summed E-state index contributed by atoms with van der Waals surface area (Å²) in [6.07, 6.45) is 7.10. The van der Waals surface area contributed by atoms with Gasteiger partial charge >= 0.3 is 5.97 Å². The van der Waals surface area contributed by atoms with Crippen molar-refractivity contribution in [1.29, 1.82) is 0 Å². The van der Waals surface area contributed by atoms with E-state index in [1.807, 2.05) is 0 Å². The lowest BCUT2D eigenvalue weighted by Crippen LogP contribution is -2.59. The van der Waals surface area contributed by atoms with Gasteiger partial charge in [-0.15, -0.1) is 0 Å². The number of hydrogen-bond donors (Lipinski definition) is 2. The third kappa shape index (κ3) is 3.27. The van der Waals surface area contributed by atoms with Crippen LogP contribution in [0.5, 0.6) is 0 Å². The standard InChI is InChI=1S/C23H38O4/c1-15-7-8-18-22(4)11-6-10-21(2,3)17(22)9-12-23(18,5)19(15)20(26)27-16(13-24)14-25/h16-19,24-25H,1,6-14H2,2-5H3/t17-,18+,19-,22-,23+/m1/s1. The lowest BCUT2D eigenvalue weighted by molar-refractivity contribution is -0.182. The number of ether oxygens (including phenoxy) is 1. The minimum atomic E-state index is -0.838. The van der Waals surface area contributed by atoms with Crippen LogP contribution in [0.2, 0.25) is 0 Å². The molecule has 3 saturated carbocycles. The molecule has 0 saturated heterocycles. The van der Waals surface area contributed by atoms with Gasteiger partial charge in [0.25, 0.3) is 0 Å². The molecule has 0 amide bonds. The van der Waals surface area contributed by atoms with Crippen LogP contribution in [0.15, 0.2) is 12.2 Å². The second-order valence-electron chi connectivity index (χ2n) is 10.6. The van der Waals surface area contributed by atoms with E-state index in [0.717, 1.165) is 31.3 Å². The van der Waals surface area contributed by atoms with Crippen LogP contribution in [0.3, 0.4) is 0 Å². The van der Waals surface area contributed by atoms with Crippen LogP contribution in [0.4, 0.5) is 0 Å². The summed E-state index contributed by atoms with van der Waals surface area (Å²) < 4.78 is 5.48. The molecule has 0 aliphatic heterocycles. The molecule has 0 radical (unpaired) electrons. The van der Waals surface area contributed by atoms with E-state index >= 15 is 0 Å². The molecule has 3 rings (SSSR count). The van der Waals surface area contributed by atoms with Gasteiger partial charge in [0.2, 0.25) is 0 Å². The molecule has 0 aromatic rings. The highest BCUT2D eigenvalue weighted by atomic mass is 16.6. The Bertz CT molecular complexity index is 593. The number of aliphatic hydroxyl groups excluding tert-OH is 2. The molecule has 0 aromatic heterocycles. The van der Waals surface area contributed by atoms with Gasteiger partial charge in [-0.3, -0.25) is 4.79 Å². The number of carbonyl (C=O) groups is 1. The molecular weight excluding hydrogens is 340 g/mol. The predicted molar refractivity (Wildman–Crippen MR) is 106 cm³/mol. The zero-order valence-corrected chi connectivity index (χ0v) is 17.6.